The molecular weight excluding hydrogens is 382 g/mol. The number of methoxy groups -OCH3 is 1. The molecule has 2 aromatic rings. The topological polar surface area (TPSA) is 46.6 Å². The Kier molecular flexibility index (Phi) is 3.91. The lowest BCUT2D eigenvalue weighted by Crippen LogP contribution is -2.38. The summed E-state index contributed by atoms with van der Waals surface area (Å²) in [6.45, 7) is 0.664. The van der Waals surface area contributed by atoms with Gasteiger partial charge in [-0.1, -0.05) is 28.1 Å². The lowest BCUT2D eigenvalue weighted by molar-refractivity contribution is -0.120. The van der Waals surface area contributed by atoms with Crippen LogP contribution in [-0.2, 0) is 21.4 Å². The Balaban J connectivity index is 1.63. The first-order valence-corrected chi connectivity index (χ1v) is 9.14. The average Bonchev–Trinajstić information content (AvgIpc) is 3.34. The van der Waals surface area contributed by atoms with Crippen LogP contribution < -0.4 is 4.90 Å². The minimum Gasteiger partial charge on any atom is -0.465 e. The molecule has 1 saturated carbocycles. The van der Waals surface area contributed by atoms with Crippen molar-refractivity contribution in [2.75, 3.05) is 18.6 Å². The van der Waals surface area contributed by atoms with Crippen LogP contribution in [0, 0.1) is 0 Å². The normalized spacial score (nSPS) is 17.1. The van der Waals surface area contributed by atoms with Crippen molar-refractivity contribution in [1.29, 1.82) is 0 Å². The Bertz CT molecular complexity index is 856. The zero-order valence-corrected chi connectivity index (χ0v) is 15.5. The van der Waals surface area contributed by atoms with E-state index in [1.807, 2.05) is 41.3 Å². The maximum absolute atomic E-state index is 13.3. The number of nitrogens with zero attached hydrogens (tertiary/aromatic N) is 1. The summed E-state index contributed by atoms with van der Waals surface area (Å²) in [7, 11) is 1.38. The molecule has 128 valence electrons. The molecule has 1 aliphatic heterocycles. The van der Waals surface area contributed by atoms with Gasteiger partial charge in [-0.3, -0.25) is 4.79 Å². The predicted molar refractivity (Wildman–Crippen MR) is 98.9 cm³/mol. The van der Waals surface area contributed by atoms with Gasteiger partial charge in [0.15, 0.2) is 0 Å². The number of esters is 1. The molecule has 5 heteroatoms. The molecule has 25 heavy (non-hydrogen) atoms. The van der Waals surface area contributed by atoms with Crippen LogP contribution in [0.3, 0.4) is 0 Å². The van der Waals surface area contributed by atoms with E-state index in [-0.39, 0.29) is 17.3 Å². The quantitative estimate of drug-likeness (QED) is 0.736. The second-order valence-corrected chi connectivity index (χ2v) is 7.55. The van der Waals surface area contributed by atoms with E-state index >= 15 is 0 Å². The largest absolute Gasteiger partial charge is 0.465 e. The van der Waals surface area contributed by atoms with Crippen LogP contribution in [0.4, 0.5) is 5.69 Å². The van der Waals surface area contributed by atoms with Crippen LogP contribution in [0.5, 0.6) is 0 Å². The SMILES string of the molecule is COC(=O)c1ccc2c(c1)CCN2C(=O)C1(c2ccc(Br)cc2)CC1. The molecule has 0 saturated heterocycles. The highest BCUT2D eigenvalue weighted by molar-refractivity contribution is 9.10. The summed E-state index contributed by atoms with van der Waals surface area (Å²) >= 11 is 3.45. The molecule has 0 aromatic heterocycles. The van der Waals surface area contributed by atoms with Crippen LogP contribution >= 0.6 is 15.9 Å². The number of benzene rings is 2. The van der Waals surface area contributed by atoms with E-state index < -0.39 is 0 Å². The Labute approximate surface area is 154 Å². The van der Waals surface area contributed by atoms with Crippen molar-refractivity contribution in [3.05, 3.63) is 63.6 Å². The van der Waals surface area contributed by atoms with Crippen molar-refractivity contribution in [1.82, 2.24) is 0 Å². The van der Waals surface area contributed by atoms with E-state index in [9.17, 15) is 9.59 Å². The van der Waals surface area contributed by atoms with E-state index in [0.717, 1.165) is 40.5 Å². The van der Waals surface area contributed by atoms with Gasteiger partial charge in [0.25, 0.3) is 0 Å². The predicted octanol–water partition coefficient (Wildman–Crippen LogP) is 3.86. The summed E-state index contributed by atoms with van der Waals surface area (Å²) in [4.78, 5) is 26.9. The Morgan fingerprint density at radius 2 is 1.84 bits per heavy atom. The smallest absolute Gasteiger partial charge is 0.337 e. The Morgan fingerprint density at radius 3 is 2.48 bits per heavy atom. The highest BCUT2D eigenvalue weighted by Crippen LogP contribution is 2.51. The highest BCUT2D eigenvalue weighted by atomic mass is 79.9. The third-order valence-electron chi connectivity index (χ3n) is 5.20. The van der Waals surface area contributed by atoms with Gasteiger partial charge in [-0.15, -0.1) is 0 Å². The van der Waals surface area contributed by atoms with Crippen LogP contribution in [0.2, 0.25) is 0 Å². The molecule has 1 aliphatic carbocycles. The standard InChI is InChI=1S/C20H18BrNO3/c1-25-18(23)14-2-7-17-13(12-14)8-11-22(17)19(24)20(9-10-20)15-3-5-16(21)6-4-15/h2-7,12H,8-11H2,1H3. The van der Waals surface area contributed by atoms with E-state index in [4.69, 9.17) is 4.74 Å². The van der Waals surface area contributed by atoms with Gasteiger partial charge in [-0.25, -0.2) is 4.79 Å². The molecule has 0 radical (unpaired) electrons. The van der Waals surface area contributed by atoms with Crippen LogP contribution in [0.25, 0.3) is 0 Å². The van der Waals surface area contributed by atoms with E-state index in [2.05, 4.69) is 15.9 Å². The molecule has 1 heterocycles. The van der Waals surface area contributed by atoms with Crippen molar-refractivity contribution in [3.8, 4) is 0 Å². The monoisotopic (exact) mass is 399 g/mol. The van der Waals surface area contributed by atoms with Gasteiger partial charge in [-0.2, -0.15) is 0 Å². The van der Waals surface area contributed by atoms with Crippen molar-refractivity contribution < 1.29 is 14.3 Å². The number of halogens is 1. The first-order chi connectivity index (χ1) is 12.0. The van der Waals surface area contributed by atoms with E-state index in [0.29, 0.717) is 12.1 Å². The summed E-state index contributed by atoms with van der Waals surface area (Å²) < 4.78 is 5.79. The zero-order chi connectivity index (χ0) is 17.6. The van der Waals surface area contributed by atoms with E-state index in [1.165, 1.54) is 7.11 Å². The number of anilines is 1. The summed E-state index contributed by atoms with van der Waals surface area (Å²) in [6, 6.07) is 13.5. The fraction of sp³-hybridized carbons (Fsp3) is 0.300. The van der Waals surface area contributed by atoms with Gasteiger partial charge in [0.1, 0.15) is 0 Å². The Morgan fingerprint density at radius 1 is 1.12 bits per heavy atom. The third kappa shape index (κ3) is 2.67. The van der Waals surface area contributed by atoms with Crippen LogP contribution in [-0.4, -0.2) is 25.5 Å². The highest BCUT2D eigenvalue weighted by Gasteiger charge is 2.53. The Hall–Kier alpha value is -2.14. The summed E-state index contributed by atoms with van der Waals surface area (Å²) in [5.41, 5.74) is 3.18. The molecule has 4 rings (SSSR count). The van der Waals surface area contributed by atoms with Gasteiger partial charge in [0.2, 0.25) is 5.91 Å². The summed E-state index contributed by atoms with van der Waals surface area (Å²) in [5.74, 6) is -0.180. The number of amides is 1. The minimum absolute atomic E-state index is 0.166. The van der Waals surface area contributed by atoms with Gasteiger partial charge < -0.3 is 9.64 Å². The minimum atomic E-state index is -0.386. The zero-order valence-electron chi connectivity index (χ0n) is 13.9. The molecule has 0 spiro atoms. The molecule has 1 amide bonds. The fourth-order valence-electron chi connectivity index (χ4n) is 3.64. The van der Waals surface area contributed by atoms with Gasteiger partial charge in [-0.05, 0) is 60.7 Å². The van der Waals surface area contributed by atoms with Gasteiger partial charge in [0, 0.05) is 16.7 Å². The van der Waals surface area contributed by atoms with Gasteiger partial charge in [0.05, 0.1) is 18.1 Å². The first-order valence-electron chi connectivity index (χ1n) is 8.34. The van der Waals surface area contributed by atoms with Crippen molar-refractivity contribution in [2.24, 2.45) is 0 Å². The van der Waals surface area contributed by atoms with Crippen LogP contribution in [0.1, 0.15) is 34.3 Å². The first kappa shape index (κ1) is 16.3. The molecule has 0 N–H and O–H groups in total. The number of hydrogen-bond acceptors (Lipinski definition) is 3. The number of carbonyl (C=O) groups excluding carboxylic acids is 2. The van der Waals surface area contributed by atoms with Gasteiger partial charge >= 0.3 is 5.97 Å². The number of ether oxygens (including phenoxy) is 1. The molecule has 2 aliphatic rings. The number of rotatable bonds is 3. The molecule has 0 unspecified atom stereocenters. The number of hydrogen-bond donors (Lipinski definition) is 0. The molecule has 1 fully saturated rings. The van der Waals surface area contributed by atoms with Crippen LogP contribution in [0.15, 0.2) is 46.9 Å². The lowest BCUT2D eigenvalue weighted by atomic mass is 9.94. The maximum Gasteiger partial charge on any atom is 0.337 e. The second kappa shape index (κ2) is 5.99. The maximum atomic E-state index is 13.3. The third-order valence-corrected chi connectivity index (χ3v) is 5.73. The van der Waals surface area contributed by atoms with Crippen molar-refractivity contribution >= 4 is 33.5 Å². The molecule has 4 nitrogen and oxygen atoms in total. The summed E-state index contributed by atoms with van der Waals surface area (Å²) in [6.07, 6.45) is 2.54. The number of carbonyl (C=O) groups is 2. The average molecular weight is 400 g/mol. The number of fused-ring (bicyclic) bond motifs is 1. The summed E-state index contributed by atoms with van der Waals surface area (Å²) in [5, 5.41) is 0. The molecular formula is C20H18BrNO3. The van der Waals surface area contributed by atoms with Crippen molar-refractivity contribution in [2.45, 2.75) is 24.7 Å². The molecule has 0 bridgehead atoms. The van der Waals surface area contributed by atoms with E-state index in [1.54, 1.807) is 6.07 Å². The molecule has 0 atom stereocenters. The van der Waals surface area contributed by atoms with Crippen molar-refractivity contribution in [3.63, 3.8) is 0 Å². The lowest BCUT2D eigenvalue weighted by Gasteiger charge is -2.24. The fourth-order valence-corrected chi connectivity index (χ4v) is 3.90. The molecule has 2 aromatic carbocycles. The second-order valence-electron chi connectivity index (χ2n) is 6.63.